The molecule has 1 aliphatic heterocycles. The number of hydrogen-bond donors (Lipinski definition) is 1. The monoisotopic (exact) mass is 431 g/mol. The number of ether oxygens (including phenoxy) is 1. The van der Waals surface area contributed by atoms with Gasteiger partial charge in [-0.25, -0.2) is 12.8 Å². The highest BCUT2D eigenvalue weighted by Crippen LogP contribution is 2.36. The van der Waals surface area contributed by atoms with Crippen LogP contribution in [0.25, 0.3) is 10.9 Å². The van der Waals surface area contributed by atoms with Crippen LogP contribution in [0.1, 0.15) is 19.9 Å². The first-order valence-corrected chi connectivity index (χ1v) is 11.5. The van der Waals surface area contributed by atoms with E-state index in [1.165, 1.54) is 12.1 Å². The van der Waals surface area contributed by atoms with Gasteiger partial charge in [0.15, 0.2) is 0 Å². The Balaban J connectivity index is 1.87. The summed E-state index contributed by atoms with van der Waals surface area (Å²) in [5.74, 6) is 0.170. The predicted molar refractivity (Wildman–Crippen MR) is 116 cm³/mol. The zero-order chi connectivity index (χ0) is 21.5. The molecule has 30 heavy (non-hydrogen) atoms. The molecule has 6 nitrogen and oxygen atoms in total. The lowest BCUT2D eigenvalue weighted by molar-refractivity contribution is 0.412. The highest BCUT2D eigenvalue weighted by Gasteiger charge is 2.26. The van der Waals surface area contributed by atoms with Crippen molar-refractivity contribution in [3.8, 4) is 5.75 Å². The molecule has 0 bridgehead atoms. The van der Waals surface area contributed by atoms with E-state index in [1.54, 1.807) is 37.6 Å². The topological polar surface area (TPSA) is 63.6 Å². The van der Waals surface area contributed by atoms with E-state index in [0.717, 1.165) is 31.9 Å². The molecule has 3 aromatic rings. The van der Waals surface area contributed by atoms with Crippen LogP contribution in [0.4, 0.5) is 10.1 Å². The summed E-state index contributed by atoms with van der Waals surface area (Å²) in [6.07, 6.45) is 1.61. The van der Waals surface area contributed by atoms with E-state index >= 15 is 0 Å². The van der Waals surface area contributed by atoms with Gasteiger partial charge in [-0.3, -0.25) is 0 Å². The summed E-state index contributed by atoms with van der Waals surface area (Å²) in [5, 5.41) is 3.68. The molecule has 8 heteroatoms. The smallest absolute Gasteiger partial charge is 0.208 e. The standard InChI is InChI=1S/C22H26FN3O3S/c1-15(2)26-14-22(18-12-16(23)4-6-19(18)26)30(27,28)17-5-7-21(29-3)20(13-17)25-10-8-24-9-11-25/h4-7,12-15,24H,8-11H2,1-3H3. The Morgan fingerprint density at radius 2 is 1.83 bits per heavy atom. The number of nitrogens with one attached hydrogen (secondary N) is 1. The van der Waals surface area contributed by atoms with Crippen LogP contribution in [0.2, 0.25) is 0 Å². The minimum absolute atomic E-state index is 0.0363. The number of halogens is 1. The Hall–Kier alpha value is -2.58. The fourth-order valence-corrected chi connectivity index (χ4v) is 5.43. The fourth-order valence-electron chi connectivity index (χ4n) is 3.95. The van der Waals surface area contributed by atoms with Crippen LogP contribution in [0, 0.1) is 5.82 Å². The van der Waals surface area contributed by atoms with E-state index in [0.29, 0.717) is 16.7 Å². The minimum Gasteiger partial charge on any atom is -0.495 e. The van der Waals surface area contributed by atoms with E-state index in [9.17, 15) is 12.8 Å². The Bertz CT molecular complexity index is 1180. The second-order valence-corrected chi connectivity index (χ2v) is 9.65. The van der Waals surface area contributed by atoms with Gasteiger partial charge >= 0.3 is 0 Å². The van der Waals surface area contributed by atoms with Crippen molar-refractivity contribution in [2.24, 2.45) is 0 Å². The minimum atomic E-state index is -3.87. The molecule has 2 heterocycles. The number of rotatable bonds is 5. The predicted octanol–water partition coefficient (Wildman–Crippen LogP) is 3.61. The average Bonchev–Trinajstić information content (AvgIpc) is 3.13. The molecule has 1 N–H and O–H groups in total. The average molecular weight is 432 g/mol. The molecule has 0 amide bonds. The zero-order valence-corrected chi connectivity index (χ0v) is 18.2. The van der Waals surface area contributed by atoms with Crippen LogP contribution in [0.3, 0.4) is 0 Å². The summed E-state index contributed by atoms with van der Waals surface area (Å²) >= 11 is 0. The fraction of sp³-hybridized carbons (Fsp3) is 0.364. The van der Waals surface area contributed by atoms with Crippen LogP contribution < -0.4 is 15.0 Å². The number of aromatic nitrogens is 1. The molecule has 160 valence electrons. The van der Waals surface area contributed by atoms with E-state index in [-0.39, 0.29) is 15.8 Å². The van der Waals surface area contributed by atoms with Gasteiger partial charge in [0.2, 0.25) is 9.84 Å². The lowest BCUT2D eigenvalue weighted by atomic mass is 10.2. The molecule has 0 aliphatic carbocycles. The molecule has 1 aliphatic rings. The van der Waals surface area contributed by atoms with Crippen molar-refractivity contribution in [1.29, 1.82) is 0 Å². The third kappa shape index (κ3) is 3.54. The summed E-state index contributed by atoms with van der Waals surface area (Å²) in [6, 6.07) is 9.22. The number of sulfone groups is 1. The molecule has 0 atom stereocenters. The van der Waals surface area contributed by atoms with E-state index in [1.807, 2.05) is 18.4 Å². The van der Waals surface area contributed by atoms with Crippen molar-refractivity contribution < 1.29 is 17.5 Å². The Morgan fingerprint density at radius 3 is 2.50 bits per heavy atom. The van der Waals surface area contributed by atoms with Crippen molar-refractivity contribution in [3.05, 3.63) is 48.4 Å². The maximum atomic E-state index is 14.0. The quantitative estimate of drug-likeness (QED) is 0.669. The summed E-state index contributed by atoms with van der Waals surface area (Å²) in [7, 11) is -2.29. The van der Waals surface area contributed by atoms with E-state index < -0.39 is 15.7 Å². The van der Waals surface area contributed by atoms with Crippen molar-refractivity contribution in [2.75, 3.05) is 38.2 Å². The van der Waals surface area contributed by atoms with Gasteiger partial charge < -0.3 is 19.5 Å². The number of hydrogen-bond acceptors (Lipinski definition) is 5. The second-order valence-electron chi connectivity index (χ2n) is 7.73. The van der Waals surface area contributed by atoms with Crippen LogP contribution in [0.15, 0.2) is 52.4 Å². The molecular formula is C22H26FN3O3S. The normalized spacial score (nSPS) is 15.2. The van der Waals surface area contributed by atoms with Crippen molar-refractivity contribution in [1.82, 2.24) is 9.88 Å². The Labute approximate surface area is 176 Å². The zero-order valence-electron chi connectivity index (χ0n) is 17.4. The summed E-state index contributed by atoms with van der Waals surface area (Å²) in [6.45, 7) is 7.10. The molecule has 1 saturated heterocycles. The van der Waals surface area contributed by atoms with E-state index in [2.05, 4.69) is 10.2 Å². The highest BCUT2D eigenvalue weighted by molar-refractivity contribution is 7.91. The summed E-state index contributed by atoms with van der Waals surface area (Å²) in [4.78, 5) is 2.40. The maximum Gasteiger partial charge on any atom is 0.208 e. The van der Waals surface area contributed by atoms with Crippen LogP contribution in [-0.4, -0.2) is 46.3 Å². The van der Waals surface area contributed by atoms with Gasteiger partial charge in [-0.2, -0.15) is 0 Å². The molecule has 4 rings (SSSR count). The van der Waals surface area contributed by atoms with Gasteiger partial charge in [-0.15, -0.1) is 0 Å². The maximum absolute atomic E-state index is 14.0. The molecule has 2 aromatic carbocycles. The van der Waals surface area contributed by atoms with Crippen molar-refractivity contribution in [2.45, 2.75) is 29.7 Å². The summed E-state index contributed by atoms with van der Waals surface area (Å²) in [5.41, 5.74) is 1.44. The lowest BCUT2D eigenvalue weighted by Gasteiger charge is -2.30. The van der Waals surface area contributed by atoms with Gasteiger partial charge in [0.25, 0.3) is 0 Å². The number of nitrogens with zero attached hydrogens (tertiary/aromatic N) is 2. The van der Waals surface area contributed by atoms with Crippen molar-refractivity contribution in [3.63, 3.8) is 0 Å². The SMILES string of the molecule is COc1ccc(S(=O)(=O)c2cn(C(C)C)c3ccc(F)cc23)cc1N1CCNCC1. The van der Waals surface area contributed by atoms with Gasteiger partial charge in [-0.05, 0) is 50.2 Å². The first kappa shape index (κ1) is 20.7. The number of piperazine rings is 1. The third-order valence-electron chi connectivity index (χ3n) is 5.52. The van der Waals surface area contributed by atoms with Gasteiger partial charge in [0.05, 0.1) is 22.6 Å². The second kappa shape index (κ2) is 7.92. The number of methoxy groups -OCH3 is 1. The molecule has 0 spiro atoms. The number of benzene rings is 2. The largest absolute Gasteiger partial charge is 0.495 e. The van der Waals surface area contributed by atoms with E-state index in [4.69, 9.17) is 4.74 Å². The molecule has 0 radical (unpaired) electrons. The summed E-state index contributed by atoms with van der Waals surface area (Å²) < 4.78 is 48.6. The first-order chi connectivity index (χ1) is 14.3. The van der Waals surface area contributed by atoms with Crippen molar-refractivity contribution >= 4 is 26.4 Å². The molecule has 0 unspecified atom stereocenters. The molecular weight excluding hydrogens is 405 g/mol. The van der Waals surface area contributed by atoms with Gasteiger partial charge in [0, 0.05) is 49.3 Å². The Kier molecular flexibility index (Phi) is 5.46. The molecule has 1 fully saturated rings. The molecule has 0 saturated carbocycles. The third-order valence-corrected chi connectivity index (χ3v) is 7.30. The molecule has 1 aromatic heterocycles. The lowest BCUT2D eigenvalue weighted by Crippen LogP contribution is -2.43. The van der Waals surface area contributed by atoms with Gasteiger partial charge in [0.1, 0.15) is 11.6 Å². The number of anilines is 1. The number of fused-ring (bicyclic) bond motifs is 1. The first-order valence-electron chi connectivity index (χ1n) is 10.0. The van der Waals surface area contributed by atoms with Crippen LogP contribution in [-0.2, 0) is 9.84 Å². The van der Waals surface area contributed by atoms with Crippen LogP contribution >= 0.6 is 0 Å². The highest BCUT2D eigenvalue weighted by atomic mass is 32.2. The van der Waals surface area contributed by atoms with Gasteiger partial charge in [-0.1, -0.05) is 0 Å². The van der Waals surface area contributed by atoms with Crippen LogP contribution in [0.5, 0.6) is 5.75 Å². The Morgan fingerprint density at radius 1 is 1.10 bits per heavy atom.